The number of rotatable bonds is 7. The van der Waals surface area contributed by atoms with Crippen LogP contribution in [0.2, 0.25) is 0 Å². The molecule has 0 bridgehead atoms. The van der Waals surface area contributed by atoms with Gasteiger partial charge in [-0.2, -0.15) is 5.10 Å². The lowest BCUT2D eigenvalue weighted by Crippen LogP contribution is -2.47. The van der Waals surface area contributed by atoms with Crippen molar-refractivity contribution in [2.45, 2.75) is 6.42 Å². The van der Waals surface area contributed by atoms with Crippen LogP contribution in [0.25, 0.3) is 5.69 Å². The lowest BCUT2D eigenvalue weighted by atomic mass is 10.1. The van der Waals surface area contributed by atoms with Crippen molar-refractivity contribution in [2.75, 3.05) is 42.9 Å². The smallest absolute Gasteiger partial charge is 0.276 e. The minimum absolute atomic E-state index is 0.226. The second-order valence-electron chi connectivity index (χ2n) is 8.50. The van der Waals surface area contributed by atoms with Crippen molar-refractivity contribution in [1.82, 2.24) is 19.7 Å². The van der Waals surface area contributed by atoms with Crippen LogP contribution in [0.5, 0.6) is 0 Å². The lowest BCUT2D eigenvalue weighted by molar-refractivity contribution is 0.102. The number of carbonyl (C=O) groups is 1. The van der Waals surface area contributed by atoms with E-state index in [1.807, 2.05) is 36.7 Å². The van der Waals surface area contributed by atoms with Crippen LogP contribution in [0.15, 0.2) is 85.3 Å². The fourth-order valence-corrected chi connectivity index (χ4v) is 4.31. The van der Waals surface area contributed by atoms with Gasteiger partial charge in [-0.05, 0) is 54.4 Å². The predicted molar refractivity (Wildman–Crippen MR) is 135 cm³/mol. The van der Waals surface area contributed by atoms with Crippen LogP contribution in [0.4, 0.5) is 15.8 Å². The largest absolute Gasteiger partial charge is 0.367 e. The van der Waals surface area contributed by atoms with Crippen molar-refractivity contribution in [3.63, 3.8) is 0 Å². The Bertz CT molecular complexity index is 1280. The van der Waals surface area contributed by atoms with Gasteiger partial charge >= 0.3 is 0 Å². The summed E-state index contributed by atoms with van der Waals surface area (Å²) in [5, 5.41) is 7.27. The highest BCUT2D eigenvalue weighted by Gasteiger charge is 2.20. The van der Waals surface area contributed by atoms with Gasteiger partial charge in [-0.1, -0.05) is 24.3 Å². The molecule has 1 aliphatic rings. The maximum atomic E-state index is 14.1. The maximum absolute atomic E-state index is 14.1. The van der Waals surface area contributed by atoms with E-state index in [9.17, 15) is 9.18 Å². The van der Waals surface area contributed by atoms with Crippen molar-refractivity contribution in [2.24, 2.45) is 0 Å². The zero-order valence-electron chi connectivity index (χ0n) is 19.3. The van der Waals surface area contributed by atoms with E-state index in [1.165, 1.54) is 16.3 Å². The number of benzene rings is 2. The molecule has 3 heterocycles. The first-order valence-corrected chi connectivity index (χ1v) is 11.7. The lowest BCUT2D eigenvalue weighted by Gasteiger charge is -2.37. The topological polar surface area (TPSA) is 66.3 Å². The molecule has 2 aromatic carbocycles. The number of amides is 1. The molecular weight excluding hydrogens is 443 g/mol. The van der Waals surface area contributed by atoms with Gasteiger partial charge in [-0.25, -0.2) is 9.07 Å². The Morgan fingerprint density at radius 1 is 0.886 bits per heavy atom. The molecule has 4 aromatic rings. The first-order chi connectivity index (χ1) is 17.2. The quantitative estimate of drug-likeness (QED) is 0.442. The number of para-hydroxylation sites is 3. The van der Waals surface area contributed by atoms with E-state index < -0.39 is 5.82 Å². The van der Waals surface area contributed by atoms with E-state index in [-0.39, 0.29) is 11.6 Å². The van der Waals surface area contributed by atoms with Gasteiger partial charge in [0.25, 0.3) is 5.91 Å². The highest BCUT2D eigenvalue weighted by atomic mass is 19.1. The number of hydrogen-bond acceptors (Lipinski definition) is 5. The van der Waals surface area contributed by atoms with Crippen molar-refractivity contribution in [3.8, 4) is 5.69 Å². The maximum Gasteiger partial charge on any atom is 0.276 e. The van der Waals surface area contributed by atoms with Crippen LogP contribution < -0.4 is 10.2 Å². The van der Waals surface area contributed by atoms with Crippen molar-refractivity contribution in [3.05, 3.63) is 102 Å². The van der Waals surface area contributed by atoms with E-state index in [4.69, 9.17) is 0 Å². The number of aromatic nitrogens is 3. The van der Waals surface area contributed by atoms with E-state index in [1.54, 1.807) is 30.5 Å². The molecule has 2 aromatic heterocycles. The summed E-state index contributed by atoms with van der Waals surface area (Å²) in [6.07, 6.45) is 6.27. The average molecular weight is 471 g/mol. The Morgan fingerprint density at radius 3 is 2.37 bits per heavy atom. The average Bonchev–Trinajstić information content (AvgIpc) is 3.39. The first-order valence-electron chi connectivity index (χ1n) is 11.7. The fraction of sp³-hybridized carbons (Fsp3) is 0.222. The summed E-state index contributed by atoms with van der Waals surface area (Å²) >= 11 is 0. The van der Waals surface area contributed by atoms with Crippen LogP contribution in [0, 0.1) is 5.82 Å². The van der Waals surface area contributed by atoms with Gasteiger partial charge in [-0.3, -0.25) is 14.7 Å². The number of pyridine rings is 1. The van der Waals surface area contributed by atoms with Crippen molar-refractivity contribution >= 4 is 17.3 Å². The van der Waals surface area contributed by atoms with Crippen molar-refractivity contribution in [1.29, 1.82) is 0 Å². The number of piperazine rings is 1. The molecule has 1 amide bonds. The summed E-state index contributed by atoms with van der Waals surface area (Å²) in [7, 11) is 0. The van der Waals surface area contributed by atoms with E-state index in [0.717, 1.165) is 50.5 Å². The molecule has 1 aliphatic heterocycles. The van der Waals surface area contributed by atoms with Crippen LogP contribution in [0.1, 0.15) is 16.1 Å². The molecule has 35 heavy (non-hydrogen) atoms. The molecule has 7 nitrogen and oxygen atoms in total. The molecule has 0 unspecified atom stereocenters. The van der Waals surface area contributed by atoms with Gasteiger partial charge < -0.3 is 10.2 Å². The van der Waals surface area contributed by atoms with Gasteiger partial charge in [0.05, 0.1) is 11.4 Å². The number of nitrogens with zero attached hydrogens (tertiary/aromatic N) is 5. The molecule has 1 saturated heterocycles. The van der Waals surface area contributed by atoms with Gasteiger partial charge in [0.1, 0.15) is 11.5 Å². The Labute approximate surface area is 203 Å². The third-order valence-corrected chi connectivity index (χ3v) is 6.25. The Hall–Kier alpha value is -4.04. The predicted octanol–water partition coefficient (Wildman–Crippen LogP) is 4.02. The van der Waals surface area contributed by atoms with E-state index >= 15 is 0 Å². The van der Waals surface area contributed by atoms with Crippen LogP contribution in [0.3, 0.4) is 0 Å². The summed E-state index contributed by atoms with van der Waals surface area (Å²) in [6, 6.07) is 19.9. The molecule has 0 aliphatic carbocycles. The van der Waals surface area contributed by atoms with Crippen LogP contribution >= 0.6 is 0 Å². The molecule has 0 radical (unpaired) electrons. The number of halogens is 1. The Morgan fingerprint density at radius 2 is 1.60 bits per heavy atom. The molecule has 1 fully saturated rings. The Kier molecular flexibility index (Phi) is 6.81. The molecule has 178 valence electrons. The van der Waals surface area contributed by atoms with Gasteiger partial charge in [-0.15, -0.1) is 0 Å². The normalized spacial score (nSPS) is 14.1. The second kappa shape index (κ2) is 10.5. The third kappa shape index (κ3) is 5.38. The standard InChI is InChI=1S/C27H27FN6O/c28-22-5-1-3-7-25(22)34-16-12-24(31-34)27(35)30-23-6-2-4-8-26(23)33-19-17-32(18-20-33)15-11-21-9-13-29-14-10-21/h1-10,12-14,16H,11,15,17-20H2,(H,30,35). The number of hydrogen-bond donors (Lipinski definition) is 1. The highest BCUT2D eigenvalue weighted by molar-refractivity contribution is 6.04. The Balaban J connectivity index is 1.21. The van der Waals surface area contributed by atoms with Gasteiger partial charge in [0.2, 0.25) is 0 Å². The zero-order chi connectivity index (χ0) is 24.0. The monoisotopic (exact) mass is 470 g/mol. The molecular formula is C27H27FN6O. The zero-order valence-corrected chi connectivity index (χ0v) is 19.3. The van der Waals surface area contributed by atoms with Gasteiger partial charge in [0, 0.05) is 51.3 Å². The van der Waals surface area contributed by atoms with E-state index in [2.05, 4.69) is 37.3 Å². The fourth-order valence-electron chi connectivity index (χ4n) is 4.31. The van der Waals surface area contributed by atoms with Crippen LogP contribution in [-0.2, 0) is 6.42 Å². The summed E-state index contributed by atoms with van der Waals surface area (Å²) in [6.45, 7) is 4.69. The van der Waals surface area contributed by atoms with E-state index in [0.29, 0.717) is 5.69 Å². The molecule has 1 N–H and O–H groups in total. The third-order valence-electron chi connectivity index (χ3n) is 6.25. The number of carbonyl (C=O) groups excluding carboxylic acids is 1. The second-order valence-corrected chi connectivity index (χ2v) is 8.50. The highest BCUT2D eigenvalue weighted by Crippen LogP contribution is 2.27. The van der Waals surface area contributed by atoms with Crippen LogP contribution in [-0.4, -0.2) is 58.3 Å². The molecule has 0 spiro atoms. The van der Waals surface area contributed by atoms with Gasteiger partial charge in [0.15, 0.2) is 5.69 Å². The summed E-state index contributed by atoms with van der Waals surface area (Å²) in [5.74, 6) is -0.726. The SMILES string of the molecule is O=C(Nc1ccccc1N1CCN(CCc2ccncc2)CC1)c1ccn(-c2ccccc2F)n1. The molecule has 0 saturated carbocycles. The summed E-state index contributed by atoms with van der Waals surface area (Å²) < 4.78 is 15.5. The number of nitrogens with one attached hydrogen (secondary N) is 1. The summed E-state index contributed by atoms with van der Waals surface area (Å²) in [4.78, 5) is 21.8. The first kappa shape index (κ1) is 22.7. The summed E-state index contributed by atoms with van der Waals surface area (Å²) in [5.41, 5.74) is 3.55. The minimum atomic E-state index is -0.396. The van der Waals surface area contributed by atoms with Crippen molar-refractivity contribution < 1.29 is 9.18 Å². The minimum Gasteiger partial charge on any atom is -0.367 e. The molecule has 5 rings (SSSR count). The molecule has 0 atom stereocenters. The number of anilines is 2. The molecule has 8 heteroatoms.